The first-order valence-corrected chi connectivity index (χ1v) is 11.8. The molecule has 0 unspecified atom stereocenters. The number of aromatic amines is 1. The highest BCUT2D eigenvalue weighted by Gasteiger charge is 2.40. The Morgan fingerprint density at radius 3 is 2.54 bits per heavy atom. The van der Waals surface area contributed by atoms with Gasteiger partial charge in [-0.25, -0.2) is 14.2 Å². The molecule has 1 aliphatic heterocycles. The van der Waals surface area contributed by atoms with E-state index in [4.69, 9.17) is 19.6 Å². The first-order valence-electron chi connectivity index (χ1n) is 10.9. The average Bonchev–Trinajstić information content (AvgIpc) is 3.07. The monoisotopic (exact) mass is 513 g/mol. The van der Waals surface area contributed by atoms with Gasteiger partial charge in [-0.15, -0.1) is 11.3 Å². The molecular formula is C23H23F4N3O4S. The SMILES string of the molecule is O=C(O)C(F)(F)F.O=c1[nH]c(CN2CCOCC3(CCC3)C2)nc2cc(-c3ccc(F)cc3)sc12. The molecule has 12 heteroatoms. The molecule has 2 fully saturated rings. The van der Waals surface area contributed by atoms with Crippen molar-refractivity contribution in [3.63, 3.8) is 0 Å². The number of rotatable bonds is 3. The molecule has 5 rings (SSSR count). The molecular weight excluding hydrogens is 490 g/mol. The topological polar surface area (TPSA) is 95.5 Å². The zero-order valence-corrected chi connectivity index (χ0v) is 19.3. The standard InChI is InChI=1S/C21H22FN3O2S.C2HF3O2/c22-15-4-2-14(3-5-15)17-10-16-19(28-17)20(26)24-18(23-16)11-25-8-9-27-13-21(12-25)6-1-7-21;3-2(4,5)1(6)7/h2-5,10H,1,6-9,11-13H2,(H,23,24,26);(H,6,7). The fourth-order valence-corrected chi connectivity index (χ4v) is 5.22. The van der Waals surface area contributed by atoms with Gasteiger partial charge in [-0.05, 0) is 36.6 Å². The quantitative estimate of drug-likeness (QED) is 0.504. The van der Waals surface area contributed by atoms with Crippen molar-refractivity contribution >= 4 is 27.5 Å². The van der Waals surface area contributed by atoms with E-state index in [1.165, 1.54) is 42.7 Å². The van der Waals surface area contributed by atoms with E-state index in [-0.39, 0.29) is 11.4 Å². The van der Waals surface area contributed by atoms with E-state index in [0.29, 0.717) is 28.0 Å². The highest BCUT2D eigenvalue weighted by Crippen LogP contribution is 2.42. The third-order valence-electron chi connectivity index (χ3n) is 6.11. The molecule has 7 nitrogen and oxygen atoms in total. The van der Waals surface area contributed by atoms with E-state index in [9.17, 15) is 22.4 Å². The highest BCUT2D eigenvalue weighted by molar-refractivity contribution is 7.22. The summed E-state index contributed by atoms with van der Waals surface area (Å²) in [6, 6.07) is 8.24. The predicted octanol–water partition coefficient (Wildman–Crippen LogP) is 4.43. The van der Waals surface area contributed by atoms with E-state index >= 15 is 0 Å². The smallest absolute Gasteiger partial charge is 0.475 e. The minimum absolute atomic E-state index is 0.109. The lowest BCUT2D eigenvalue weighted by Crippen LogP contribution is -2.43. The zero-order chi connectivity index (χ0) is 25.2. The molecule has 1 saturated carbocycles. The van der Waals surface area contributed by atoms with Crippen LogP contribution in [-0.2, 0) is 16.1 Å². The third-order valence-corrected chi connectivity index (χ3v) is 7.28. The van der Waals surface area contributed by atoms with Crippen LogP contribution in [-0.4, -0.2) is 58.4 Å². The molecule has 0 atom stereocenters. The number of thiophene rings is 1. The normalized spacial score (nSPS) is 17.9. The summed E-state index contributed by atoms with van der Waals surface area (Å²) >= 11 is 1.39. The van der Waals surface area contributed by atoms with Crippen LogP contribution >= 0.6 is 11.3 Å². The highest BCUT2D eigenvalue weighted by atomic mass is 32.1. The summed E-state index contributed by atoms with van der Waals surface area (Å²) in [6.45, 7) is 4.05. The van der Waals surface area contributed by atoms with Crippen molar-refractivity contribution in [2.75, 3.05) is 26.3 Å². The summed E-state index contributed by atoms with van der Waals surface area (Å²) in [4.78, 5) is 32.5. The molecule has 2 aromatic heterocycles. The summed E-state index contributed by atoms with van der Waals surface area (Å²) in [5.41, 5.74) is 1.77. The first kappa shape index (κ1) is 25.3. The Labute approximate surface area is 201 Å². The van der Waals surface area contributed by atoms with Crippen LogP contribution in [0, 0.1) is 11.2 Å². The number of H-pyrrole nitrogens is 1. The summed E-state index contributed by atoms with van der Waals surface area (Å²) in [7, 11) is 0. The molecule has 0 amide bonds. The minimum Gasteiger partial charge on any atom is -0.475 e. The maximum atomic E-state index is 13.2. The number of alkyl halides is 3. The van der Waals surface area contributed by atoms with Gasteiger partial charge in [0.15, 0.2) is 0 Å². The van der Waals surface area contributed by atoms with Gasteiger partial charge in [0.05, 0.1) is 25.3 Å². The number of fused-ring (bicyclic) bond motifs is 1. The van der Waals surface area contributed by atoms with Crippen molar-refractivity contribution in [3.05, 3.63) is 52.3 Å². The minimum atomic E-state index is -5.08. The van der Waals surface area contributed by atoms with Crippen LogP contribution in [0.2, 0.25) is 0 Å². The van der Waals surface area contributed by atoms with Crippen LogP contribution in [0.25, 0.3) is 20.7 Å². The van der Waals surface area contributed by atoms with Crippen molar-refractivity contribution in [1.29, 1.82) is 0 Å². The van der Waals surface area contributed by atoms with Crippen molar-refractivity contribution in [1.82, 2.24) is 14.9 Å². The number of carboxylic acids is 1. The van der Waals surface area contributed by atoms with E-state index in [0.717, 1.165) is 36.7 Å². The summed E-state index contributed by atoms with van der Waals surface area (Å²) in [6.07, 6.45) is -1.37. The van der Waals surface area contributed by atoms with Crippen molar-refractivity contribution in [2.45, 2.75) is 32.0 Å². The number of benzene rings is 1. The maximum Gasteiger partial charge on any atom is 0.490 e. The van der Waals surface area contributed by atoms with Crippen LogP contribution in [0.4, 0.5) is 17.6 Å². The number of aromatic nitrogens is 2. The number of nitrogens with zero attached hydrogens (tertiary/aromatic N) is 2. The molecule has 1 aromatic carbocycles. The second-order valence-corrected chi connectivity index (χ2v) is 9.82. The van der Waals surface area contributed by atoms with Gasteiger partial charge in [0, 0.05) is 23.4 Å². The maximum absolute atomic E-state index is 13.2. The lowest BCUT2D eigenvalue weighted by molar-refractivity contribution is -0.192. The molecule has 0 radical (unpaired) electrons. The fourth-order valence-electron chi connectivity index (χ4n) is 4.23. The first-order chi connectivity index (χ1) is 16.5. The molecule has 35 heavy (non-hydrogen) atoms. The number of carbonyl (C=O) groups is 1. The van der Waals surface area contributed by atoms with Gasteiger partial charge < -0.3 is 14.8 Å². The zero-order valence-electron chi connectivity index (χ0n) is 18.5. The molecule has 0 bridgehead atoms. The molecule has 3 aromatic rings. The van der Waals surface area contributed by atoms with Gasteiger partial charge in [0.1, 0.15) is 16.3 Å². The second-order valence-electron chi connectivity index (χ2n) is 8.76. The summed E-state index contributed by atoms with van der Waals surface area (Å²) in [5.74, 6) is -2.33. The van der Waals surface area contributed by atoms with E-state index in [2.05, 4.69) is 9.88 Å². The van der Waals surface area contributed by atoms with Crippen LogP contribution in [0.1, 0.15) is 25.1 Å². The largest absolute Gasteiger partial charge is 0.490 e. The van der Waals surface area contributed by atoms with Crippen LogP contribution in [0.15, 0.2) is 35.1 Å². The van der Waals surface area contributed by atoms with Crippen molar-refractivity contribution < 1.29 is 32.2 Å². The number of aliphatic carboxylic acids is 1. The van der Waals surface area contributed by atoms with Crippen LogP contribution < -0.4 is 5.56 Å². The van der Waals surface area contributed by atoms with Gasteiger partial charge in [0.2, 0.25) is 0 Å². The second kappa shape index (κ2) is 10.0. The van der Waals surface area contributed by atoms with Gasteiger partial charge in [-0.1, -0.05) is 18.6 Å². The third kappa shape index (κ3) is 6.06. The van der Waals surface area contributed by atoms with E-state index in [1.807, 2.05) is 6.07 Å². The van der Waals surface area contributed by atoms with Gasteiger partial charge >= 0.3 is 12.1 Å². The molecule has 3 heterocycles. The number of hydrogen-bond donors (Lipinski definition) is 2. The Morgan fingerprint density at radius 2 is 1.94 bits per heavy atom. The number of nitrogens with one attached hydrogen (secondary N) is 1. The molecule has 188 valence electrons. The molecule has 2 N–H and O–H groups in total. The van der Waals surface area contributed by atoms with Gasteiger partial charge in [0.25, 0.3) is 5.56 Å². The number of carboxylic acid groups (broad SMARTS) is 1. The number of ether oxygens (including phenoxy) is 1. The van der Waals surface area contributed by atoms with Crippen LogP contribution in [0.5, 0.6) is 0 Å². The number of hydrogen-bond acceptors (Lipinski definition) is 6. The predicted molar refractivity (Wildman–Crippen MR) is 122 cm³/mol. The lowest BCUT2D eigenvalue weighted by atomic mass is 9.69. The Morgan fingerprint density at radius 1 is 1.26 bits per heavy atom. The average molecular weight is 514 g/mol. The van der Waals surface area contributed by atoms with Gasteiger partial charge in [-0.3, -0.25) is 9.69 Å². The fraction of sp³-hybridized carbons (Fsp3) is 0.435. The van der Waals surface area contributed by atoms with Crippen molar-refractivity contribution in [2.24, 2.45) is 5.41 Å². The Hall–Kier alpha value is -2.83. The summed E-state index contributed by atoms with van der Waals surface area (Å²) in [5, 5.41) is 7.12. The van der Waals surface area contributed by atoms with E-state index in [1.54, 1.807) is 12.1 Å². The summed E-state index contributed by atoms with van der Waals surface area (Å²) < 4.78 is 51.3. The van der Waals surface area contributed by atoms with Crippen molar-refractivity contribution in [3.8, 4) is 10.4 Å². The molecule has 1 aliphatic carbocycles. The molecule has 1 saturated heterocycles. The Kier molecular flexibility index (Phi) is 7.25. The van der Waals surface area contributed by atoms with E-state index < -0.39 is 12.1 Å². The Bertz CT molecular complexity index is 1250. The Balaban J connectivity index is 0.000000364. The number of halogens is 4. The molecule has 1 spiro atoms. The van der Waals surface area contributed by atoms with Gasteiger partial charge in [-0.2, -0.15) is 13.2 Å². The lowest BCUT2D eigenvalue weighted by Gasteiger charge is -2.42. The molecule has 2 aliphatic rings. The van der Waals surface area contributed by atoms with Crippen LogP contribution in [0.3, 0.4) is 0 Å².